The number of aliphatic hydroxyl groups is 1. The van der Waals surface area contributed by atoms with E-state index in [-0.39, 0.29) is 6.10 Å². The highest BCUT2D eigenvalue weighted by Gasteiger charge is 2.17. The van der Waals surface area contributed by atoms with E-state index in [4.69, 9.17) is 11.6 Å². The van der Waals surface area contributed by atoms with Crippen LogP contribution in [0, 0.1) is 0 Å². The van der Waals surface area contributed by atoms with E-state index in [9.17, 15) is 5.11 Å². The standard InChI is InChI=1S/C13H23ClN2OS/c1-4-11-13(14)12(16(5-2)15-11)9-10(17)7-8-18-6-3/h10,17H,4-9H2,1-3H3. The van der Waals surface area contributed by atoms with Crippen LogP contribution in [-0.2, 0) is 19.4 Å². The van der Waals surface area contributed by atoms with Gasteiger partial charge in [0.1, 0.15) is 0 Å². The van der Waals surface area contributed by atoms with Gasteiger partial charge < -0.3 is 5.11 Å². The Hall–Kier alpha value is -0.190. The molecule has 0 saturated heterocycles. The molecule has 0 saturated carbocycles. The average molecular weight is 291 g/mol. The highest BCUT2D eigenvalue weighted by atomic mass is 35.5. The van der Waals surface area contributed by atoms with Crippen LogP contribution in [-0.4, -0.2) is 32.5 Å². The second-order valence-electron chi connectivity index (χ2n) is 4.22. The minimum Gasteiger partial charge on any atom is -0.393 e. The lowest BCUT2D eigenvalue weighted by Gasteiger charge is -2.11. The lowest BCUT2D eigenvalue weighted by molar-refractivity contribution is 0.169. The van der Waals surface area contributed by atoms with Crippen molar-refractivity contribution in [1.29, 1.82) is 0 Å². The van der Waals surface area contributed by atoms with Gasteiger partial charge in [0, 0.05) is 13.0 Å². The maximum absolute atomic E-state index is 10.0. The SMILES string of the molecule is CCSCCC(O)Cc1c(Cl)c(CC)nn1CC. The van der Waals surface area contributed by atoms with Gasteiger partial charge in [0.2, 0.25) is 0 Å². The summed E-state index contributed by atoms with van der Waals surface area (Å²) in [7, 11) is 0. The molecule has 0 amide bonds. The van der Waals surface area contributed by atoms with Crippen LogP contribution in [0.5, 0.6) is 0 Å². The van der Waals surface area contributed by atoms with Gasteiger partial charge in [-0.05, 0) is 31.3 Å². The van der Waals surface area contributed by atoms with E-state index in [0.717, 1.165) is 47.3 Å². The van der Waals surface area contributed by atoms with Crippen molar-refractivity contribution in [3.63, 3.8) is 0 Å². The van der Waals surface area contributed by atoms with E-state index in [0.29, 0.717) is 6.42 Å². The van der Waals surface area contributed by atoms with E-state index < -0.39 is 0 Å². The summed E-state index contributed by atoms with van der Waals surface area (Å²) < 4.78 is 1.91. The number of aromatic nitrogens is 2. The Morgan fingerprint density at radius 1 is 1.39 bits per heavy atom. The van der Waals surface area contributed by atoms with Crippen LogP contribution in [0.4, 0.5) is 0 Å². The molecule has 0 spiro atoms. The van der Waals surface area contributed by atoms with E-state index in [1.165, 1.54) is 0 Å². The first-order chi connectivity index (χ1) is 8.63. The van der Waals surface area contributed by atoms with Crippen molar-refractivity contribution in [2.45, 2.75) is 52.7 Å². The normalized spacial score (nSPS) is 12.9. The molecule has 104 valence electrons. The molecule has 0 aliphatic rings. The van der Waals surface area contributed by atoms with Crippen molar-refractivity contribution in [3.05, 3.63) is 16.4 Å². The molecule has 1 aromatic rings. The molecule has 0 aliphatic heterocycles. The third kappa shape index (κ3) is 4.18. The molecule has 5 heteroatoms. The Labute approximate surface area is 119 Å². The Kier molecular flexibility index (Phi) is 7.12. The number of nitrogens with zero attached hydrogens (tertiary/aromatic N) is 2. The van der Waals surface area contributed by atoms with Crippen molar-refractivity contribution in [2.24, 2.45) is 0 Å². The number of halogens is 1. The maximum atomic E-state index is 10.0. The van der Waals surface area contributed by atoms with Gasteiger partial charge in [-0.1, -0.05) is 25.4 Å². The molecule has 0 fully saturated rings. The molecule has 1 atom stereocenters. The maximum Gasteiger partial charge on any atom is 0.0850 e. The monoisotopic (exact) mass is 290 g/mol. The number of rotatable bonds is 8. The van der Waals surface area contributed by atoms with Crippen molar-refractivity contribution in [1.82, 2.24) is 9.78 Å². The number of hydrogen-bond acceptors (Lipinski definition) is 3. The van der Waals surface area contributed by atoms with Crippen molar-refractivity contribution in [3.8, 4) is 0 Å². The lowest BCUT2D eigenvalue weighted by Crippen LogP contribution is -2.15. The summed E-state index contributed by atoms with van der Waals surface area (Å²) in [6.45, 7) is 7.02. The van der Waals surface area contributed by atoms with Gasteiger partial charge in [-0.2, -0.15) is 16.9 Å². The van der Waals surface area contributed by atoms with Crippen molar-refractivity contribution >= 4 is 23.4 Å². The van der Waals surface area contributed by atoms with Crippen molar-refractivity contribution < 1.29 is 5.11 Å². The van der Waals surface area contributed by atoms with Gasteiger partial charge in [0.25, 0.3) is 0 Å². The summed E-state index contributed by atoms with van der Waals surface area (Å²) in [5.74, 6) is 2.09. The topological polar surface area (TPSA) is 38.1 Å². The van der Waals surface area contributed by atoms with Gasteiger partial charge >= 0.3 is 0 Å². The quantitative estimate of drug-likeness (QED) is 0.748. The molecule has 1 unspecified atom stereocenters. The molecule has 0 radical (unpaired) electrons. The third-order valence-corrected chi connectivity index (χ3v) is 4.29. The zero-order valence-electron chi connectivity index (χ0n) is 11.4. The first kappa shape index (κ1) is 15.9. The molecule has 3 nitrogen and oxygen atoms in total. The molecule has 1 heterocycles. The van der Waals surface area contributed by atoms with Crippen LogP contribution in [0.1, 0.15) is 38.6 Å². The molecular formula is C13H23ClN2OS. The van der Waals surface area contributed by atoms with Crippen LogP contribution in [0.2, 0.25) is 5.02 Å². The Bertz CT molecular complexity index is 368. The second-order valence-corrected chi connectivity index (χ2v) is 5.99. The highest BCUT2D eigenvalue weighted by Crippen LogP contribution is 2.23. The largest absolute Gasteiger partial charge is 0.393 e. The average Bonchev–Trinajstić information content (AvgIpc) is 2.66. The lowest BCUT2D eigenvalue weighted by atomic mass is 10.1. The van der Waals surface area contributed by atoms with Crippen LogP contribution < -0.4 is 0 Å². The zero-order valence-corrected chi connectivity index (χ0v) is 13.0. The predicted molar refractivity (Wildman–Crippen MR) is 79.6 cm³/mol. The fourth-order valence-corrected chi connectivity index (χ4v) is 2.97. The summed E-state index contributed by atoms with van der Waals surface area (Å²) >= 11 is 8.17. The van der Waals surface area contributed by atoms with Crippen LogP contribution in [0.3, 0.4) is 0 Å². The molecule has 18 heavy (non-hydrogen) atoms. The van der Waals surface area contributed by atoms with Gasteiger partial charge in [-0.25, -0.2) is 0 Å². The molecular weight excluding hydrogens is 268 g/mol. The minimum atomic E-state index is -0.326. The Morgan fingerprint density at radius 3 is 2.67 bits per heavy atom. The number of aliphatic hydroxyl groups excluding tert-OH is 1. The molecule has 0 bridgehead atoms. The summed E-state index contributed by atoms with van der Waals surface area (Å²) in [6, 6.07) is 0. The third-order valence-electron chi connectivity index (χ3n) is 2.92. The Morgan fingerprint density at radius 2 is 2.11 bits per heavy atom. The molecule has 0 aliphatic carbocycles. The summed E-state index contributed by atoms with van der Waals surface area (Å²) in [5, 5.41) is 15.2. The van der Waals surface area contributed by atoms with E-state index in [1.807, 2.05) is 30.3 Å². The summed E-state index contributed by atoms with van der Waals surface area (Å²) in [4.78, 5) is 0. The van der Waals surface area contributed by atoms with Crippen LogP contribution >= 0.6 is 23.4 Å². The number of aryl methyl sites for hydroxylation is 2. The van der Waals surface area contributed by atoms with Gasteiger partial charge in [-0.15, -0.1) is 0 Å². The van der Waals surface area contributed by atoms with Gasteiger partial charge in [0.05, 0.1) is 22.5 Å². The summed E-state index contributed by atoms with van der Waals surface area (Å²) in [6.07, 6.45) is 1.92. The smallest absolute Gasteiger partial charge is 0.0850 e. The fraction of sp³-hybridized carbons (Fsp3) is 0.769. The summed E-state index contributed by atoms with van der Waals surface area (Å²) in [5.41, 5.74) is 1.91. The number of hydrogen-bond donors (Lipinski definition) is 1. The minimum absolute atomic E-state index is 0.326. The molecule has 1 aromatic heterocycles. The molecule has 0 aromatic carbocycles. The molecule has 1 N–H and O–H groups in total. The fourth-order valence-electron chi connectivity index (χ4n) is 1.90. The first-order valence-corrected chi connectivity index (χ1v) is 8.17. The van der Waals surface area contributed by atoms with E-state index >= 15 is 0 Å². The zero-order chi connectivity index (χ0) is 13.5. The van der Waals surface area contributed by atoms with Crippen LogP contribution in [0.25, 0.3) is 0 Å². The molecule has 1 rings (SSSR count). The van der Waals surface area contributed by atoms with Crippen molar-refractivity contribution in [2.75, 3.05) is 11.5 Å². The Balaban J connectivity index is 2.67. The van der Waals surface area contributed by atoms with Crippen LogP contribution in [0.15, 0.2) is 0 Å². The second kappa shape index (κ2) is 8.08. The van der Waals surface area contributed by atoms with E-state index in [1.54, 1.807) is 0 Å². The number of thioether (sulfide) groups is 1. The van der Waals surface area contributed by atoms with Gasteiger partial charge in [-0.3, -0.25) is 4.68 Å². The first-order valence-electron chi connectivity index (χ1n) is 6.63. The van der Waals surface area contributed by atoms with E-state index in [2.05, 4.69) is 12.0 Å². The van der Waals surface area contributed by atoms with Gasteiger partial charge in [0.15, 0.2) is 0 Å². The predicted octanol–water partition coefficient (Wildman–Crippen LogP) is 3.17. The highest BCUT2D eigenvalue weighted by molar-refractivity contribution is 7.99.